The summed E-state index contributed by atoms with van der Waals surface area (Å²) in [4.78, 5) is 16.2. The van der Waals surface area contributed by atoms with E-state index in [1.165, 1.54) is 23.9 Å². The van der Waals surface area contributed by atoms with Gasteiger partial charge in [-0.3, -0.25) is 4.79 Å². The number of pyridine rings is 1. The fourth-order valence-corrected chi connectivity index (χ4v) is 3.92. The molecule has 0 amide bonds. The van der Waals surface area contributed by atoms with Crippen LogP contribution in [0.5, 0.6) is 0 Å². The Kier molecular flexibility index (Phi) is 3.46. The van der Waals surface area contributed by atoms with E-state index in [9.17, 15) is 9.18 Å². The van der Waals surface area contributed by atoms with Gasteiger partial charge in [-0.25, -0.2) is 9.37 Å². The molecule has 4 rings (SSSR count). The van der Waals surface area contributed by atoms with Crippen LogP contribution < -0.4 is 0 Å². The molecular weight excluding hydrogens is 309 g/mol. The molecule has 112 valence electrons. The molecule has 3 aromatic rings. The van der Waals surface area contributed by atoms with E-state index in [0.29, 0.717) is 5.57 Å². The summed E-state index contributed by atoms with van der Waals surface area (Å²) in [6.07, 6.45) is 2.76. The lowest BCUT2D eigenvalue weighted by molar-refractivity contribution is -0.104. The summed E-state index contributed by atoms with van der Waals surface area (Å²) in [7, 11) is 0. The van der Waals surface area contributed by atoms with Gasteiger partial charge in [0.05, 0.1) is 10.8 Å². The number of aldehydes is 1. The molecule has 2 aromatic carbocycles. The molecule has 0 unspecified atom stereocenters. The van der Waals surface area contributed by atoms with Crippen molar-refractivity contribution in [3.05, 3.63) is 77.1 Å². The number of thioether (sulfide) groups is 1. The van der Waals surface area contributed by atoms with Crippen LogP contribution in [-0.2, 0) is 4.79 Å². The Morgan fingerprint density at radius 1 is 1.09 bits per heavy atom. The Morgan fingerprint density at radius 2 is 1.87 bits per heavy atom. The summed E-state index contributed by atoms with van der Waals surface area (Å²) < 4.78 is 13.1. The Hall–Kier alpha value is -2.46. The first-order valence-electron chi connectivity index (χ1n) is 7.23. The Labute approximate surface area is 137 Å². The molecule has 1 aliphatic rings. The Bertz CT molecular complexity index is 934. The lowest BCUT2D eigenvalue weighted by Gasteiger charge is -2.22. The van der Waals surface area contributed by atoms with Gasteiger partial charge in [-0.2, -0.15) is 0 Å². The number of nitrogens with zero attached hydrogens (tertiary/aromatic N) is 1. The van der Waals surface area contributed by atoms with Crippen LogP contribution in [0.3, 0.4) is 0 Å². The maximum atomic E-state index is 13.1. The lowest BCUT2D eigenvalue weighted by atomic mass is 10.0. The van der Waals surface area contributed by atoms with Crippen molar-refractivity contribution in [1.82, 2.24) is 4.98 Å². The molecule has 0 bridgehead atoms. The van der Waals surface area contributed by atoms with Crippen molar-refractivity contribution < 1.29 is 9.18 Å². The average Bonchev–Trinajstić information content (AvgIpc) is 2.59. The number of aromatic nitrogens is 1. The minimum atomic E-state index is -0.282. The fourth-order valence-electron chi connectivity index (χ4n) is 2.74. The number of carbonyl (C=O) groups excluding carboxylic acids is 1. The van der Waals surface area contributed by atoms with Gasteiger partial charge in [0.1, 0.15) is 17.1 Å². The predicted molar refractivity (Wildman–Crippen MR) is 90.8 cm³/mol. The van der Waals surface area contributed by atoms with Gasteiger partial charge in [-0.1, -0.05) is 42.1 Å². The van der Waals surface area contributed by atoms with Crippen molar-refractivity contribution in [1.29, 1.82) is 0 Å². The van der Waals surface area contributed by atoms with E-state index in [4.69, 9.17) is 4.98 Å². The van der Waals surface area contributed by atoms with Crippen LogP contribution in [0.1, 0.15) is 16.4 Å². The SMILES string of the molecule is O=CC1=Cc2cc3ccccc3nc2S[C@@H]1c1ccc(F)cc1. The van der Waals surface area contributed by atoms with Crippen molar-refractivity contribution in [2.75, 3.05) is 0 Å². The highest BCUT2D eigenvalue weighted by atomic mass is 32.2. The molecule has 0 spiro atoms. The van der Waals surface area contributed by atoms with E-state index >= 15 is 0 Å². The summed E-state index contributed by atoms with van der Waals surface area (Å²) in [5, 5.41) is 1.78. The number of fused-ring (bicyclic) bond motifs is 2. The number of carbonyl (C=O) groups is 1. The summed E-state index contributed by atoms with van der Waals surface area (Å²) >= 11 is 1.53. The van der Waals surface area contributed by atoms with Crippen molar-refractivity contribution in [3.8, 4) is 0 Å². The van der Waals surface area contributed by atoms with E-state index in [-0.39, 0.29) is 11.1 Å². The third-order valence-electron chi connectivity index (χ3n) is 3.88. The van der Waals surface area contributed by atoms with Gasteiger partial charge in [0.2, 0.25) is 0 Å². The highest BCUT2D eigenvalue weighted by Gasteiger charge is 2.25. The van der Waals surface area contributed by atoms with Gasteiger partial charge in [0.15, 0.2) is 0 Å². The van der Waals surface area contributed by atoms with Crippen LogP contribution in [0, 0.1) is 5.82 Å². The number of rotatable bonds is 2. The van der Waals surface area contributed by atoms with E-state index in [0.717, 1.165) is 33.3 Å². The minimum absolute atomic E-state index is 0.158. The summed E-state index contributed by atoms with van der Waals surface area (Å²) in [5.41, 5.74) is 3.45. The molecule has 0 radical (unpaired) electrons. The molecule has 0 fully saturated rings. The van der Waals surface area contributed by atoms with Crippen molar-refractivity contribution in [2.45, 2.75) is 10.3 Å². The molecule has 0 aliphatic carbocycles. The third-order valence-corrected chi connectivity index (χ3v) is 5.21. The van der Waals surface area contributed by atoms with Gasteiger partial charge in [-0.05, 0) is 35.9 Å². The standard InChI is InChI=1S/C19H12FNOS/c20-16-7-5-12(6-8-16)18-15(11-22)10-14-9-13-3-1-2-4-17(13)21-19(14)23-18/h1-11,18H/t18-/m1/s1. The van der Waals surface area contributed by atoms with Crippen LogP contribution in [0.15, 0.2) is 65.2 Å². The van der Waals surface area contributed by atoms with Crippen LogP contribution in [0.4, 0.5) is 4.39 Å². The largest absolute Gasteiger partial charge is 0.298 e. The van der Waals surface area contributed by atoms with E-state index in [2.05, 4.69) is 6.07 Å². The van der Waals surface area contributed by atoms with Crippen LogP contribution in [0.25, 0.3) is 17.0 Å². The first-order chi connectivity index (χ1) is 11.2. The maximum absolute atomic E-state index is 13.1. The predicted octanol–water partition coefficient (Wildman–Crippen LogP) is 4.80. The van der Waals surface area contributed by atoms with E-state index in [1.54, 1.807) is 12.1 Å². The molecule has 0 N–H and O–H groups in total. The topological polar surface area (TPSA) is 30.0 Å². The van der Waals surface area contributed by atoms with Crippen LogP contribution in [0.2, 0.25) is 0 Å². The zero-order valence-corrected chi connectivity index (χ0v) is 12.9. The maximum Gasteiger partial charge on any atom is 0.147 e. The molecule has 2 nitrogen and oxygen atoms in total. The molecule has 4 heteroatoms. The monoisotopic (exact) mass is 321 g/mol. The first kappa shape index (κ1) is 14.2. The molecule has 1 aliphatic heterocycles. The second-order valence-electron chi connectivity index (χ2n) is 5.39. The molecule has 0 saturated heterocycles. The normalized spacial score (nSPS) is 16.7. The third kappa shape index (κ3) is 2.55. The average molecular weight is 321 g/mol. The van der Waals surface area contributed by atoms with Gasteiger partial charge in [0.25, 0.3) is 0 Å². The highest BCUT2D eigenvalue weighted by molar-refractivity contribution is 7.99. The van der Waals surface area contributed by atoms with Crippen LogP contribution >= 0.6 is 11.8 Å². The Balaban J connectivity index is 1.84. The van der Waals surface area contributed by atoms with Crippen LogP contribution in [-0.4, -0.2) is 11.3 Å². The van der Waals surface area contributed by atoms with Gasteiger partial charge >= 0.3 is 0 Å². The summed E-state index contributed by atoms with van der Waals surface area (Å²) in [6.45, 7) is 0. The molecular formula is C19H12FNOS. The smallest absolute Gasteiger partial charge is 0.147 e. The minimum Gasteiger partial charge on any atom is -0.298 e. The van der Waals surface area contributed by atoms with Crippen molar-refractivity contribution in [3.63, 3.8) is 0 Å². The van der Waals surface area contributed by atoms with Gasteiger partial charge < -0.3 is 0 Å². The number of hydrogen-bond donors (Lipinski definition) is 0. The molecule has 23 heavy (non-hydrogen) atoms. The number of para-hydroxylation sites is 1. The quantitative estimate of drug-likeness (QED) is 0.635. The van der Waals surface area contributed by atoms with E-state index < -0.39 is 0 Å². The summed E-state index contributed by atoms with van der Waals surface area (Å²) in [5.74, 6) is -0.282. The number of halogens is 1. The molecule has 1 atom stereocenters. The number of benzene rings is 2. The summed E-state index contributed by atoms with van der Waals surface area (Å²) in [6, 6.07) is 16.2. The second kappa shape index (κ2) is 5.63. The van der Waals surface area contributed by atoms with E-state index in [1.807, 2.05) is 30.3 Å². The van der Waals surface area contributed by atoms with Gasteiger partial charge in [-0.15, -0.1) is 0 Å². The zero-order chi connectivity index (χ0) is 15.8. The number of hydrogen-bond acceptors (Lipinski definition) is 3. The highest BCUT2D eigenvalue weighted by Crippen LogP contribution is 2.45. The molecule has 1 aromatic heterocycles. The van der Waals surface area contributed by atoms with Gasteiger partial charge in [0, 0.05) is 16.5 Å². The fraction of sp³-hybridized carbons (Fsp3) is 0.0526. The Morgan fingerprint density at radius 3 is 2.65 bits per heavy atom. The lowest BCUT2D eigenvalue weighted by Crippen LogP contribution is -2.06. The molecule has 0 saturated carbocycles. The van der Waals surface area contributed by atoms with Crippen molar-refractivity contribution in [2.24, 2.45) is 0 Å². The first-order valence-corrected chi connectivity index (χ1v) is 8.11. The molecule has 2 heterocycles. The van der Waals surface area contributed by atoms with Crippen molar-refractivity contribution >= 4 is 35.0 Å². The zero-order valence-electron chi connectivity index (χ0n) is 12.1. The second-order valence-corrected chi connectivity index (χ2v) is 6.48.